The summed E-state index contributed by atoms with van der Waals surface area (Å²) in [7, 11) is 0. The quantitative estimate of drug-likeness (QED) is 0.629. The summed E-state index contributed by atoms with van der Waals surface area (Å²) in [6.45, 7) is 4.52. The molecule has 1 aliphatic heterocycles. The number of rotatable bonds is 1. The molecule has 0 spiro atoms. The normalized spacial score (nSPS) is 30.5. The fraction of sp³-hybridized carbons (Fsp3) is 0.545. The maximum Gasteiger partial charge on any atom is 0.188 e. The molecule has 82 valence electrons. The highest BCUT2D eigenvalue weighted by Gasteiger charge is 2.35. The first-order valence-corrected chi connectivity index (χ1v) is 5.11. The van der Waals surface area contributed by atoms with Crippen LogP contribution in [0.1, 0.15) is 13.8 Å². The highest BCUT2D eigenvalue weighted by Crippen LogP contribution is 2.32. The van der Waals surface area contributed by atoms with Gasteiger partial charge in [0.05, 0.1) is 6.10 Å². The van der Waals surface area contributed by atoms with Crippen LogP contribution in [0.5, 0.6) is 0 Å². The molecule has 0 aromatic carbocycles. The van der Waals surface area contributed by atoms with E-state index in [4.69, 9.17) is 0 Å². The molecule has 0 unspecified atom stereocenters. The van der Waals surface area contributed by atoms with E-state index in [0.717, 1.165) is 5.70 Å². The number of ketones is 1. The molecule has 4 nitrogen and oxygen atoms in total. The van der Waals surface area contributed by atoms with Crippen molar-refractivity contribution < 1.29 is 15.0 Å². The Balaban J connectivity index is 2.38. The van der Waals surface area contributed by atoms with E-state index in [0.29, 0.717) is 12.1 Å². The van der Waals surface area contributed by atoms with Gasteiger partial charge in [0.1, 0.15) is 6.10 Å². The van der Waals surface area contributed by atoms with Gasteiger partial charge in [0.15, 0.2) is 5.78 Å². The Morgan fingerprint density at radius 1 is 1.47 bits per heavy atom. The summed E-state index contributed by atoms with van der Waals surface area (Å²) in [5.41, 5.74) is 1.43. The van der Waals surface area contributed by atoms with Crippen molar-refractivity contribution in [2.45, 2.75) is 32.1 Å². The number of carbonyl (C=O) groups excluding carboxylic acids is 1. The van der Waals surface area contributed by atoms with Crippen molar-refractivity contribution in [1.29, 1.82) is 0 Å². The molecular formula is C11H15NO3. The molecule has 1 heterocycles. The van der Waals surface area contributed by atoms with Crippen molar-refractivity contribution in [3.8, 4) is 0 Å². The largest absolute Gasteiger partial charge is 0.386 e. The number of hydrogen-bond donors (Lipinski definition) is 2. The van der Waals surface area contributed by atoms with E-state index in [1.165, 1.54) is 12.2 Å². The number of likely N-dealkylation sites (tertiary alicyclic amines) is 1. The van der Waals surface area contributed by atoms with Crippen molar-refractivity contribution in [2.75, 3.05) is 6.54 Å². The van der Waals surface area contributed by atoms with Crippen LogP contribution >= 0.6 is 0 Å². The van der Waals surface area contributed by atoms with E-state index in [-0.39, 0.29) is 11.8 Å². The number of aliphatic hydroxyl groups excluding tert-OH is 2. The summed E-state index contributed by atoms with van der Waals surface area (Å²) in [6.07, 6.45) is 1.20. The van der Waals surface area contributed by atoms with E-state index in [1.807, 2.05) is 18.7 Å². The molecule has 1 fully saturated rings. The van der Waals surface area contributed by atoms with Gasteiger partial charge in [0, 0.05) is 23.9 Å². The van der Waals surface area contributed by atoms with Crippen LogP contribution in [0.15, 0.2) is 23.4 Å². The van der Waals surface area contributed by atoms with E-state index >= 15 is 0 Å². The van der Waals surface area contributed by atoms with Gasteiger partial charge in [0.25, 0.3) is 0 Å². The minimum absolute atomic E-state index is 0.247. The fourth-order valence-electron chi connectivity index (χ4n) is 2.04. The van der Waals surface area contributed by atoms with Crippen molar-refractivity contribution in [1.82, 2.24) is 4.90 Å². The van der Waals surface area contributed by atoms with E-state index in [9.17, 15) is 15.0 Å². The van der Waals surface area contributed by atoms with E-state index in [2.05, 4.69) is 0 Å². The SMILES string of the molecule is CC(C)N1C[C@@H](O)C2=CC(=O)[C@H](O)C=C21. The number of hydrogen-bond acceptors (Lipinski definition) is 4. The molecule has 4 heteroatoms. The molecule has 0 aromatic heterocycles. The Morgan fingerprint density at radius 2 is 2.13 bits per heavy atom. The maximum absolute atomic E-state index is 11.3. The van der Waals surface area contributed by atoms with Crippen LogP contribution in [0, 0.1) is 0 Å². The predicted octanol–water partition coefficient (Wildman–Crippen LogP) is -0.175. The Kier molecular flexibility index (Phi) is 2.40. The van der Waals surface area contributed by atoms with Gasteiger partial charge in [0.2, 0.25) is 0 Å². The highest BCUT2D eigenvalue weighted by atomic mass is 16.3. The monoisotopic (exact) mass is 209 g/mol. The summed E-state index contributed by atoms with van der Waals surface area (Å²) >= 11 is 0. The third-order valence-corrected chi connectivity index (χ3v) is 2.86. The number of carbonyl (C=O) groups is 1. The molecule has 0 radical (unpaired) electrons. The molecule has 0 saturated carbocycles. The third kappa shape index (κ3) is 1.60. The van der Waals surface area contributed by atoms with Gasteiger partial charge in [-0.1, -0.05) is 0 Å². The zero-order valence-corrected chi connectivity index (χ0v) is 8.84. The van der Waals surface area contributed by atoms with Gasteiger partial charge in [-0.05, 0) is 26.0 Å². The Morgan fingerprint density at radius 3 is 2.73 bits per heavy atom. The molecule has 2 aliphatic rings. The van der Waals surface area contributed by atoms with Crippen LogP contribution in [0.3, 0.4) is 0 Å². The average Bonchev–Trinajstić information content (AvgIpc) is 2.45. The fourth-order valence-corrected chi connectivity index (χ4v) is 2.04. The topological polar surface area (TPSA) is 60.8 Å². The van der Waals surface area contributed by atoms with Crippen LogP contribution in [0.2, 0.25) is 0 Å². The number of β-amino-alcohol motifs (C(OH)–C–C–N with tert-alkyl or cyclic N) is 1. The van der Waals surface area contributed by atoms with Gasteiger partial charge in [-0.15, -0.1) is 0 Å². The molecule has 0 amide bonds. The lowest BCUT2D eigenvalue weighted by Crippen LogP contribution is -2.30. The van der Waals surface area contributed by atoms with Gasteiger partial charge in [-0.2, -0.15) is 0 Å². The smallest absolute Gasteiger partial charge is 0.188 e. The van der Waals surface area contributed by atoms with Crippen molar-refractivity contribution in [3.63, 3.8) is 0 Å². The predicted molar refractivity (Wildman–Crippen MR) is 55.0 cm³/mol. The molecule has 0 aromatic rings. The minimum Gasteiger partial charge on any atom is -0.386 e. The first-order valence-electron chi connectivity index (χ1n) is 5.11. The zero-order valence-electron chi connectivity index (χ0n) is 8.84. The molecule has 1 saturated heterocycles. The summed E-state index contributed by atoms with van der Waals surface area (Å²) in [5.74, 6) is -0.349. The maximum atomic E-state index is 11.3. The van der Waals surface area contributed by atoms with Crippen LogP contribution in [0.25, 0.3) is 0 Å². The second kappa shape index (κ2) is 3.47. The molecule has 2 N–H and O–H groups in total. The van der Waals surface area contributed by atoms with Gasteiger partial charge < -0.3 is 15.1 Å². The first-order chi connectivity index (χ1) is 7.00. The molecular weight excluding hydrogens is 194 g/mol. The van der Waals surface area contributed by atoms with Crippen molar-refractivity contribution in [3.05, 3.63) is 23.4 Å². The number of aliphatic hydroxyl groups is 2. The van der Waals surface area contributed by atoms with Crippen LogP contribution in [0.4, 0.5) is 0 Å². The third-order valence-electron chi connectivity index (χ3n) is 2.86. The van der Waals surface area contributed by atoms with Crippen LogP contribution < -0.4 is 0 Å². The molecule has 15 heavy (non-hydrogen) atoms. The minimum atomic E-state index is -1.06. The molecule has 1 aliphatic carbocycles. The Hall–Kier alpha value is -1.13. The van der Waals surface area contributed by atoms with Crippen LogP contribution in [-0.2, 0) is 4.79 Å². The standard InChI is InChI=1S/C11H15NO3/c1-6(2)12-5-11(15)7-3-9(13)10(14)4-8(7)12/h3-4,6,10-11,14-15H,5H2,1-2H3/t10-,11-/m1/s1. The van der Waals surface area contributed by atoms with Gasteiger partial charge in [-0.3, -0.25) is 4.79 Å². The number of nitrogens with zero attached hydrogens (tertiary/aromatic N) is 1. The van der Waals surface area contributed by atoms with Crippen molar-refractivity contribution >= 4 is 5.78 Å². The number of fused-ring (bicyclic) bond motifs is 1. The zero-order chi connectivity index (χ0) is 11.2. The highest BCUT2D eigenvalue weighted by molar-refractivity contribution is 5.98. The second-order valence-corrected chi connectivity index (χ2v) is 4.26. The lowest BCUT2D eigenvalue weighted by molar-refractivity contribution is -0.120. The van der Waals surface area contributed by atoms with E-state index < -0.39 is 12.2 Å². The summed E-state index contributed by atoms with van der Waals surface area (Å²) in [6, 6.07) is 0.247. The van der Waals surface area contributed by atoms with Crippen LogP contribution in [-0.4, -0.2) is 45.7 Å². The Bertz CT molecular complexity index is 357. The lowest BCUT2D eigenvalue weighted by atomic mass is 9.99. The van der Waals surface area contributed by atoms with Crippen molar-refractivity contribution in [2.24, 2.45) is 0 Å². The average molecular weight is 209 g/mol. The Labute approximate surface area is 88.5 Å². The summed E-state index contributed by atoms with van der Waals surface area (Å²) in [4.78, 5) is 13.3. The second-order valence-electron chi connectivity index (χ2n) is 4.26. The summed E-state index contributed by atoms with van der Waals surface area (Å²) in [5, 5.41) is 19.2. The first kappa shape index (κ1) is 10.4. The molecule has 2 rings (SSSR count). The van der Waals surface area contributed by atoms with Gasteiger partial charge in [-0.25, -0.2) is 0 Å². The van der Waals surface area contributed by atoms with E-state index in [1.54, 1.807) is 0 Å². The van der Waals surface area contributed by atoms with Gasteiger partial charge >= 0.3 is 0 Å². The lowest BCUT2D eigenvalue weighted by Gasteiger charge is -2.26. The summed E-state index contributed by atoms with van der Waals surface area (Å²) < 4.78 is 0. The molecule has 2 atom stereocenters. The molecule has 0 bridgehead atoms.